The first-order valence-electron chi connectivity index (χ1n) is 9.92. The summed E-state index contributed by atoms with van der Waals surface area (Å²) in [6.45, 7) is 3.32. The molecule has 8 nitrogen and oxygen atoms in total. The van der Waals surface area contributed by atoms with Crippen LogP contribution < -0.4 is 15.6 Å². The number of halogens is 3. The van der Waals surface area contributed by atoms with Crippen LogP contribution in [0, 0.1) is 13.8 Å². The van der Waals surface area contributed by atoms with E-state index in [1.165, 1.54) is 21.4 Å². The first-order valence-corrected chi connectivity index (χ1v) is 9.92. The van der Waals surface area contributed by atoms with E-state index in [0.29, 0.717) is 18.4 Å². The summed E-state index contributed by atoms with van der Waals surface area (Å²) in [6, 6.07) is 6.59. The second-order valence-corrected chi connectivity index (χ2v) is 7.54. The summed E-state index contributed by atoms with van der Waals surface area (Å²) < 4.78 is 43.5. The van der Waals surface area contributed by atoms with Gasteiger partial charge in [0.25, 0.3) is 5.56 Å². The summed E-state index contributed by atoms with van der Waals surface area (Å²) >= 11 is 0. The van der Waals surface area contributed by atoms with E-state index >= 15 is 0 Å². The number of anilines is 1. The number of carbonyl (C=O) groups is 1. The molecule has 1 aliphatic rings. The smallest absolute Gasteiger partial charge is 0.406 e. The molecule has 0 bridgehead atoms. The zero-order valence-electron chi connectivity index (χ0n) is 17.4. The Labute approximate surface area is 180 Å². The summed E-state index contributed by atoms with van der Waals surface area (Å²) in [5.41, 5.74) is 2.79. The monoisotopic (exact) mass is 447 g/mol. The second kappa shape index (κ2) is 8.13. The van der Waals surface area contributed by atoms with Crippen molar-refractivity contribution in [3.8, 4) is 11.7 Å². The van der Waals surface area contributed by atoms with Gasteiger partial charge in [0.2, 0.25) is 11.9 Å². The molecule has 3 aromatic rings. The van der Waals surface area contributed by atoms with Gasteiger partial charge in [-0.2, -0.15) is 5.10 Å². The molecule has 1 N–H and O–H groups in total. The Morgan fingerprint density at radius 2 is 1.91 bits per heavy atom. The van der Waals surface area contributed by atoms with E-state index in [4.69, 9.17) is 0 Å². The summed E-state index contributed by atoms with van der Waals surface area (Å²) in [4.78, 5) is 30.4. The van der Waals surface area contributed by atoms with E-state index in [-0.39, 0.29) is 23.7 Å². The van der Waals surface area contributed by atoms with Crippen molar-refractivity contribution in [1.29, 1.82) is 0 Å². The third-order valence-corrected chi connectivity index (χ3v) is 5.04. The van der Waals surface area contributed by atoms with Gasteiger partial charge in [-0.3, -0.25) is 14.2 Å². The van der Waals surface area contributed by atoms with Gasteiger partial charge in [0.05, 0.1) is 11.4 Å². The highest BCUT2D eigenvalue weighted by atomic mass is 19.4. The van der Waals surface area contributed by atoms with Gasteiger partial charge in [-0.1, -0.05) is 0 Å². The fourth-order valence-electron chi connectivity index (χ4n) is 3.74. The lowest BCUT2D eigenvalue weighted by molar-refractivity contribution is -0.274. The molecule has 2 aromatic heterocycles. The summed E-state index contributed by atoms with van der Waals surface area (Å²) in [6.07, 6.45) is -2.69. The number of alkyl halides is 3. The van der Waals surface area contributed by atoms with Crippen molar-refractivity contribution in [2.24, 2.45) is 0 Å². The van der Waals surface area contributed by atoms with Crippen molar-refractivity contribution >= 4 is 11.6 Å². The molecule has 1 aromatic carbocycles. The number of benzene rings is 1. The fourth-order valence-corrected chi connectivity index (χ4v) is 3.74. The van der Waals surface area contributed by atoms with Crippen molar-refractivity contribution in [1.82, 2.24) is 19.3 Å². The molecular weight excluding hydrogens is 427 g/mol. The topological polar surface area (TPSA) is 91.0 Å². The average molecular weight is 447 g/mol. The van der Waals surface area contributed by atoms with Gasteiger partial charge in [0.15, 0.2) is 0 Å². The minimum Gasteiger partial charge on any atom is -0.406 e. The van der Waals surface area contributed by atoms with Gasteiger partial charge in [-0.15, -0.1) is 13.2 Å². The van der Waals surface area contributed by atoms with Crippen molar-refractivity contribution in [2.45, 2.75) is 46.0 Å². The number of aryl methyl sites for hydroxylation is 3. The molecule has 0 radical (unpaired) electrons. The minimum atomic E-state index is -4.80. The predicted octanol–water partition coefficient (Wildman–Crippen LogP) is 3.07. The van der Waals surface area contributed by atoms with Crippen LogP contribution in [0.4, 0.5) is 18.9 Å². The standard InChI is InChI=1S/C21H20F3N5O3/c1-12-10-13(2)29(27-12)20-26-17-5-3-4-16(17)19(31)28(20)11-18(30)25-14-6-8-15(9-7-14)32-21(22,23)24/h6-10H,3-5,11H2,1-2H3,(H,25,30). The zero-order valence-corrected chi connectivity index (χ0v) is 17.4. The maximum Gasteiger partial charge on any atom is 0.573 e. The highest BCUT2D eigenvalue weighted by Crippen LogP contribution is 2.24. The maximum absolute atomic E-state index is 13.1. The highest BCUT2D eigenvalue weighted by Gasteiger charge is 2.31. The van der Waals surface area contributed by atoms with Crippen molar-refractivity contribution < 1.29 is 22.7 Å². The third-order valence-electron chi connectivity index (χ3n) is 5.04. The molecule has 0 aliphatic heterocycles. The Bertz CT molecular complexity index is 1230. The fraction of sp³-hybridized carbons (Fsp3) is 0.333. The molecule has 0 spiro atoms. The molecule has 11 heteroatoms. The molecule has 0 fully saturated rings. The minimum absolute atomic E-state index is 0.255. The highest BCUT2D eigenvalue weighted by molar-refractivity contribution is 5.90. The molecular formula is C21H20F3N5O3. The second-order valence-electron chi connectivity index (χ2n) is 7.54. The number of carbonyl (C=O) groups excluding carboxylic acids is 1. The normalized spacial score (nSPS) is 13.2. The van der Waals surface area contributed by atoms with Crippen molar-refractivity contribution in [3.05, 3.63) is 63.3 Å². The Morgan fingerprint density at radius 3 is 2.53 bits per heavy atom. The quantitative estimate of drug-likeness (QED) is 0.649. The molecule has 32 heavy (non-hydrogen) atoms. The zero-order chi connectivity index (χ0) is 23.0. The molecule has 1 amide bonds. The van der Waals surface area contributed by atoms with E-state index < -0.39 is 18.0 Å². The van der Waals surface area contributed by atoms with E-state index in [2.05, 4.69) is 20.1 Å². The number of amides is 1. The molecule has 0 unspecified atom stereocenters. The maximum atomic E-state index is 13.1. The SMILES string of the molecule is Cc1cc(C)n(-c2nc3c(c(=O)n2CC(=O)Nc2ccc(OC(F)(F)F)cc2)CCC3)n1. The molecule has 0 atom stereocenters. The molecule has 0 saturated carbocycles. The van der Waals surface area contributed by atoms with Crippen LogP contribution in [0.5, 0.6) is 5.75 Å². The van der Waals surface area contributed by atoms with Crippen molar-refractivity contribution in [3.63, 3.8) is 0 Å². The van der Waals surface area contributed by atoms with Crippen LogP contribution in [0.15, 0.2) is 35.1 Å². The van der Waals surface area contributed by atoms with Crippen molar-refractivity contribution in [2.75, 3.05) is 5.32 Å². The van der Waals surface area contributed by atoms with Crippen LogP contribution in [0.1, 0.15) is 29.1 Å². The average Bonchev–Trinajstić information content (AvgIpc) is 3.30. The number of fused-ring (bicyclic) bond motifs is 1. The first kappa shape index (κ1) is 21.6. The largest absolute Gasteiger partial charge is 0.573 e. The number of hydrogen-bond donors (Lipinski definition) is 1. The Hall–Kier alpha value is -3.63. The van der Waals surface area contributed by atoms with Crippen LogP contribution in [0.25, 0.3) is 5.95 Å². The molecule has 168 valence electrons. The summed E-state index contributed by atoms with van der Waals surface area (Å²) in [7, 11) is 0. The van der Waals surface area contributed by atoms with E-state index in [0.717, 1.165) is 35.6 Å². The summed E-state index contributed by atoms with van der Waals surface area (Å²) in [5.74, 6) is -0.675. The molecule has 2 heterocycles. The van der Waals surface area contributed by atoms with Gasteiger partial charge < -0.3 is 10.1 Å². The lowest BCUT2D eigenvalue weighted by Crippen LogP contribution is -2.34. The Morgan fingerprint density at radius 1 is 1.19 bits per heavy atom. The van der Waals surface area contributed by atoms with E-state index in [9.17, 15) is 22.8 Å². The first-order chi connectivity index (χ1) is 15.1. The van der Waals surface area contributed by atoms with Gasteiger partial charge in [0, 0.05) is 16.9 Å². The molecule has 0 saturated heterocycles. The van der Waals surface area contributed by atoms with Crippen LogP contribution in [-0.2, 0) is 24.2 Å². The van der Waals surface area contributed by atoms with E-state index in [1.54, 1.807) is 0 Å². The molecule has 4 rings (SSSR count). The van der Waals surface area contributed by atoms with Gasteiger partial charge in [-0.05, 0) is 63.4 Å². The van der Waals surface area contributed by atoms with Gasteiger partial charge in [-0.25, -0.2) is 9.67 Å². The Kier molecular flexibility index (Phi) is 5.49. The van der Waals surface area contributed by atoms with Crippen LogP contribution in [0.3, 0.4) is 0 Å². The van der Waals surface area contributed by atoms with Crippen LogP contribution in [0.2, 0.25) is 0 Å². The molecule has 1 aliphatic carbocycles. The Balaban J connectivity index is 1.60. The lowest BCUT2D eigenvalue weighted by Gasteiger charge is -2.15. The number of ether oxygens (including phenoxy) is 1. The number of aromatic nitrogens is 4. The number of rotatable bonds is 5. The van der Waals surface area contributed by atoms with Gasteiger partial charge in [0.1, 0.15) is 12.3 Å². The van der Waals surface area contributed by atoms with E-state index in [1.807, 2.05) is 19.9 Å². The van der Waals surface area contributed by atoms with Crippen LogP contribution in [-0.4, -0.2) is 31.6 Å². The number of nitrogens with one attached hydrogen (secondary N) is 1. The third kappa shape index (κ3) is 4.51. The summed E-state index contributed by atoms with van der Waals surface area (Å²) in [5, 5.41) is 6.98. The predicted molar refractivity (Wildman–Crippen MR) is 109 cm³/mol. The lowest BCUT2D eigenvalue weighted by atomic mass is 10.2. The van der Waals surface area contributed by atoms with Gasteiger partial charge >= 0.3 is 6.36 Å². The number of nitrogens with zero attached hydrogens (tertiary/aromatic N) is 4. The van der Waals surface area contributed by atoms with Crippen LogP contribution >= 0.6 is 0 Å². The number of hydrogen-bond acceptors (Lipinski definition) is 5.